The molecule has 1 N–H and O–H groups in total. The van der Waals surface area contributed by atoms with Crippen molar-refractivity contribution < 1.29 is 9.90 Å². The number of aryl methyl sites for hydroxylation is 2. The fourth-order valence-electron chi connectivity index (χ4n) is 1.44. The van der Waals surface area contributed by atoms with Gasteiger partial charge in [0.1, 0.15) is 4.47 Å². The van der Waals surface area contributed by atoms with Gasteiger partial charge in [0.25, 0.3) is 5.56 Å². The Hall–Kier alpha value is -1.17. The molecule has 94 valence electrons. The quantitative estimate of drug-likeness (QED) is 0.815. The second-order valence-corrected chi connectivity index (χ2v) is 4.64. The van der Waals surface area contributed by atoms with Crippen LogP contribution in [0.3, 0.4) is 0 Å². The van der Waals surface area contributed by atoms with Gasteiger partial charge in [0.05, 0.1) is 12.0 Å². The van der Waals surface area contributed by atoms with Gasteiger partial charge < -0.3 is 5.11 Å². The van der Waals surface area contributed by atoms with E-state index in [9.17, 15) is 9.59 Å². The summed E-state index contributed by atoms with van der Waals surface area (Å²) in [7, 11) is 0. The summed E-state index contributed by atoms with van der Waals surface area (Å²) < 4.78 is 2.03. The highest BCUT2D eigenvalue weighted by atomic mass is 79.9. The Kier molecular flexibility index (Phi) is 5.34. The molecular formula is C11H15BrN2O3. The van der Waals surface area contributed by atoms with Gasteiger partial charge in [-0.15, -0.1) is 0 Å². The summed E-state index contributed by atoms with van der Waals surface area (Å²) in [6, 6.07) is 0. The SMILES string of the molecule is Cc1ncn(CCCCCC(=O)O)c(=O)c1Br. The van der Waals surface area contributed by atoms with Crippen LogP contribution in [-0.4, -0.2) is 20.6 Å². The molecule has 0 saturated carbocycles. The number of aliphatic carboxylic acids is 1. The van der Waals surface area contributed by atoms with Crippen LogP contribution >= 0.6 is 15.9 Å². The van der Waals surface area contributed by atoms with E-state index < -0.39 is 5.97 Å². The van der Waals surface area contributed by atoms with Crippen LogP contribution in [0.25, 0.3) is 0 Å². The predicted molar refractivity (Wildman–Crippen MR) is 67.0 cm³/mol. The Morgan fingerprint density at radius 2 is 2.18 bits per heavy atom. The number of rotatable bonds is 6. The van der Waals surface area contributed by atoms with Crippen molar-refractivity contribution in [2.45, 2.75) is 39.2 Å². The molecule has 1 heterocycles. The molecule has 0 spiro atoms. The second-order valence-electron chi connectivity index (χ2n) is 3.85. The molecule has 0 atom stereocenters. The van der Waals surface area contributed by atoms with Gasteiger partial charge in [-0.2, -0.15) is 0 Å². The molecule has 0 fully saturated rings. The Morgan fingerprint density at radius 1 is 1.47 bits per heavy atom. The molecule has 0 bridgehead atoms. The fraction of sp³-hybridized carbons (Fsp3) is 0.545. The zero-order chi connectivity index (χ0) is 12.8. The van der Waals surface area contributed by atoms with Crippen LogP contribution in [-0.2, 0) is 11.3 Å². The van der Waals surface area contributed by atoms with Gasteiger partial charge in [-0.3, -0.25) is 14.2 Å². The van der Waals surface area contributed by atoms with Crippen molar-refractivity contribution in [3.63, 3.8) is 0 Å². The summed E-state index contributed by atoms with van der Waals surface area (Å²) >= 11 is 3.20. The third-order valence-corrected chi connectivity index (χ3v) is 3.36. The lowest BCUT2D eigenvalue weighted by molar-refractivity contribution is -0.137. The number of unbranched alkanes of at least 4 members (excludes halogenated alkanes) is 2. The van der Waals surface area contributed by atoms with Crippen LogP contribution in [0.2, 0.25) is 0 Å². The first-order valence-electron chi connectivity index (χ1n) is 5.45. The number of halogens is 1. The maximum absolute atomic E-state index is 11.7. The van der Waals surface area contributed by atoms with Crippen molar-refractivity contribution in [2.75, 3.05) is 0 Å². The maximum Gasteiger partial charge on any atom is 0.303 e. The molecule has 0 aliphatic heterocycles. The second kappa shape index (κ2) is 6.54. The smallest absolute Gasteiger partial charge is 0.303 e. The molecule has 1 aromatic heterocycles. The number of hydrogen-bond donors (Lipinski definition) is 1. The summed E-state index contributed by atoms with van der Waals surface area (Å²) in [5.41, 5.74) is 0.591. The monoisotopic (exact) mass is 302 g/mol. The summed E-state index contributed by atoms with van der Waals surface area (Å²) in [5, 5.41) is 8.47. The first-order valence-corrected chi connectivity index (χ1v) is 6.25. The van der Waals surface area contributed by atoms with E-state index in [-0.39, 0.29) is 12.0 Å². The number of nitrogens with zero attached hydrogens (tertiary/aromatic N) is 2. The molecule has 5 nitrogen and oxygen atoms in total. The van der Waals surface area contributed by atoms with Crippen molar-refractivity contribution in [3.05, 3.63) is 26.8 Å². The van der Waals surface area contributed by atoms with Gasteiger partial charge in [0, 0.05) is 13.0 Å². The minimum atomic E-state index is -0.776. The van der Waals surface area contributed by atoms with Crippen LogP contribution < -0.4 is 5.56 Å². The molecule has 0 unspecified atom stereocenters. The number of aromatic nitrogens is 2. The lowest BCUT2D eigenvalue weighted by Crippen LogP contribution is -2.22. The van der Waals surface area contributed by atoms with Gasteiger partial charge in [0.2, 0.25) is 0 Å². The molecule has 0 amide bonds. The van der Waals surface area contributed by atoms with E-state index in [0.717, 1.165) is 12.8 Å². The number of carbonyl (C=O) groups is 1. The summed E-state index contributed by atoms with van der Waals surface area (Å²) in [5.74, 6) is -0.776. The van der Waals surface area contributed by atoms with Gasteiger partial charge in [-0.1, -0.05) is 6.42 Å². The third-order valence-electron chi connectivity index (χ3n) is 2.45. The van der Waals surface area contributed by atoms with Crippen molar-refractivity contribution >= 4 is 21.9 Å². The van der Waals surface area contributed by atoms with Crippen LogP contribution in [0.4, 0.5) is 0 Å². The Morgan fingerprint density at radius 3 is 2.82 bits per heavy atom. The third kappa shape index (κ3) is 4.30. The van der Waals surface area contributed by atoms with E-state index in [1.54, 1.807) is 6.92 Å². The van der Waals surface area contributed by atoms with Crippen molar-refractivity contribution in [2.24, 2.45) is 0 Å². The highest BCUT2D eigenvalue weighted by Crippen LogP contribution is 2.07. The van der Waals surface area contributed by atoms with E-state index in [1.165, 1.54) is 10.9 Å². The minimum absolute atomic E-state index is 0.0873. The molecule has 1 rings (SSSR count). The molecule has 1 aromatic rings. The minimum Gasteiger partial charge on any atom is -0.481 e. The largest absolute Gasteiger partial charge is 0.481 e. The average Bonchev–Trinajstić information content (AvgIpc) is 2.28. The van der Waals surface area contributed by atoms with E-state index in [1.807, 2.05) is 0 Å². The zero-order valence-electron chi connectivity index (χ0n) is 9.65. The average molecular weight is 303 g/mol. The predicted octanol–water partition coefficient (Wildman–Crippen LogP) is 1.96. The topological polar surface area (TPSA) is 72.2 Å². The van der Waals surface area contributed by atoms with Gasteiger partial charge in [-0.05, 0) is 35.7 Å². The van der Waals surface area contributed by atoms with E-state index >= 15 is 0 Å². The van der Waals surface area contributed by atoms with Gasteiger partial charge in [-0.25, -0.2) is 4.98 Å². The Labute approximate surface area is 108 Å². The highest BCUT2D eigenvalue weighted by Gasteiger charge is 2.05. The van der Waals surface area contributed by atoms with Crippen molar-refractivity contribution in [3.8, 4) is 0 Å². The fourth-order valence-corrected chi connectivity index (χ4v) is 1.77. The molecule has 0 aliphatic rings. The number of carboxylic acid groups (broad SMARTS) is 1. The maximum atomic E-state index is 11.7. The first kappa shape index (κ1) is 13.9. The van der Waals surface area contributed by atoms with E-state index in [0.29, 0.717) is 23.1 Å². The van der Waals surface area contributed by atoms with Crippen LogP contribution in [0.15, 0.2) is 15.6 Å². The highest BCUT2D eigenvalue weighted by molar-refractivity contribution is 9.10. The molecule has 0 saturated heterocycles. The van der Waals surface area contributed by atoms with Crippen LogP contribution in [0.1, 0.15) is 31.4 Å². The standard InChI is InChI=1S/C11H15BrN2O3/c1-8-10(12)11(17)14(7-13-8)6-4-2-3-5-9(15)16/h7H,2-6H2,1H3,(H,15,16). The van der Waals surface area contributed by atoms with Crippen LogP contribution in [0, 0.1) is 6.92 Å². The van der Waals surface area contributed by atoms with E-state index in [4.69, 9.17) is 5.11 Å². The molecule has 6 heteroatoms. The Balaban J connectivity index is 2.45. The van der Waals surface area contributed by atoms with Crippen molar-refractivity contribution in [1.29, 1.82) is 0 Å². The van der Waals surface area contributed by atoms with E-state index in [2.05, 4.69) is 20.9 Å². The number of carboxylic acids is 1. The molecule has 17 heavy (non-hydrogen) atoms. The Bertz CT molecular complexity index is 457. The molecular weight excluding hydrogens is 288 g/mol. The first-order chi connectivity index (χ1) is 8.02. The summed E-state index contributed by atoms with van der Waals surface area (Å²) in [6.07, 6.45) is 3.93. The molecule has 0 radical (unpaired) electrons. The van der Waals surface area contributed by atoms with Crippen molar-refractivity contribution in [1.82, 2.24) is 9.55 Å². The van der Waals surface area contributed by atoms with Gasteiger partial charge in [0.15, 0.2) is 0 Å². The molecule has 0 aliphatic carbocycles. The normalized spacial score (nSPS) is 10.5. The summed E-state index contributed by atoms with van der Waals surface area (Å²) in [6.45, 7) is 2.34. The lowest BCUT2D eigenvalue weighted by atomic mass is 10.2. The molecule has 0 aromatic carbocycles. The van der Waals surface area contributed by atoms with Gasteiger partial charge >= 0.3 is 5.97 Å². The number of hydrogen-bond acceptors (Lipinski definition) is 3. The summed E-state index contributed by atoms with van der Waals surface area (Å²) in [4.78, 5) is 26.1. The lowest BCUT2D eigenvalue weighted by Gasteiger charge is -2.06. The van der Waals surface area contributed by atoms with Crippen LogP contribution in [0.5, 0.6) is 0 Å². The zero-order valence-corrected chi connectivity index (χ0v) is 11.2.